The molecule has 2 heterocycles. The highest BCUT2D eigenvalue weighted by Crippen LogP contribution is 2.36. The number of carbonyl (C=O) groups excluding carboxylic acids is 1. The molecule has 152 valence electrons. The van der Waals surface area contributed by atoms with Crippen LogP contribution in [-0.4, -0.2) is 26.2 Å². The van der Waals surface area contributed by atoms with Gasteiger partial charge in [-0.1, -0.05) is 30.0 Å². The van der Waals surface area contributed by atoms with Crippen LogP contribution in [-0.2, 0) is 17.6 Å². The van der Waals surface area contributed by atoms with Crippen LogP contribution in [0.5, 0.6) is 0 Å². The fraction of sp³-hybridized carbons (Fsp3) is 0.409. The van der Waals surface area contributed by atoms with Crippen molar-refractivity contribution in [3.63, 3.8) is 0 Å². The quantitative estimate of drug-likeness (QED) is 0.497. The Morgan fingerprint density at radius 1 is 1.24 bits per heavy atom. The number of thioether (sulfide) groups is 1. The summed E-state index contributed by atoms with van der Waals surface area (Å²) < 4.78 is 1.67. The van der Waals surface area contributed by atoms with E-state index in [9.17, 15) is 9.59 Å². The van der Waals surface area contributed by atoms with E-state index in [4.69, 9.17) is 4.98 Å². The normalized spacial score (nSPS) is 14.8. The highest BCUT2D eigenvalue weighted by Gasteiger charge is 2.26. The van der Waals surface area contributed by atoms with Gasteiger partial charge in [0.15, 0.2) is 5.16 Å². The second-order valence-electron chi connectivity index (χ2n) is 8.41. The maximum absolute atomic E-state index is 13.6. The number of benzene rings is 1. The van der Waals surface area contributed by atoms with Crippen molar-refractivity contribution in [3.8, 4) is 5.69 Å². The third kappa shape index (κ3) is 3.98. The Morgan fingerprint density at radius 3 is 2.66 bits per heavy atom. The summed E-state index contributed by atoms with van der Waals surface area (Å²) in [7, 11) is 0. The minimum Gasteiger partial charge on any atom is -0.351 e. The number of aryl methyl sites for hydroxylation is 2. The monoisotopic (exact) mass is 427 g/mol. The summed E-state index contributed by atoms with van der Waals surface area (Å²) in [6, 6.07) is 9.56. The Bertz CT molecular complexity index is 1130. The Balaban J connectivity index is 1.82. The molecule has 29 heavy (non-hydrogen) atoms. The van der Waals surface area contributed by atoms with E-state index < -0.39 is 0 Å². The number of amides is 1. The summed E-state index contributed by atoms with van der Waals surface area (Å²) in [6.45, 7) is 7.73. The smallest absolute Gasteiger partial charge is 0.267 e. The first-order chi connectivity index (χ1) is 13.7. The molecular formula is C22H25N3O2S2. The molecule has 0 saturated heterocycles. The molecule has 0 bridgehead atoms. The molecule has 3 aromatic rings. The van der Waals surface area contributed by atoms with Gasteiger partial charge in [-0.25, -0.2) is 4.98 Å². The molecule has 0 saturated carbocycles. The molecule has 0 aliphatic heterocycles. The second-order valence-corrected chi connectivity index (χ2v) is 10.8. The molecule has 4 rings (SSSR count). The first-order valence-electron chi connectivity index (χ1n) is 9.86. The van der Waals surface area contributed by atoms with Crippen molar-refractivity contribution in [2.75, 3.05) is 0 Å². The van der Waals surface area contributed by atoms with E-state index in [-0.39, 0.29) is 22.3 Å². The molecule has 5 nitrogen and oxygen atoms in total. The van der Waals surface area contributed by atoms with E-state index in [0.717, 1.165) is 35.2 Å². The maximum Gasteiger partial charge on any atom is 0.267 e. The van der Waals surface area contributed by atoms with Crippen molar-refractivity contribution in [1.82, 2.24) is 14.9 Å². The standard InChI is InChI=1S/C22H25N3O2S2/c1-13(18(26)24-22(2,3)4)28-21-23-19-17(15-11-8-12-16(15)29-19)20(27)25(21)14-9-6-5-7-10-14/h5-7,9-10,13H,8,11-12H2,1-4H3,(H,24,26). The van der Waals surface area contributed by atoms with E-state index >= 15 is 0 Å². The van der Waals surface area contributed by atoms with Crippen LogP contribution in [0.25, 0.3) is 15.9 Å². The molecule has 1 unspecified atom stereocenters. The molecule has 2 aromatic heterocycles. The first kappa shape index (κ1) is 20.2. The number of hydrogen-bond donors (Lipinski definition) is 1. The van der Waals surface area contributed by atoms with Gasteiger partial charge in [0.1, 0.15) is 4.83 Å². The zero-order valence-corrected chi connectivity index (χ0v) is 18.7. The van der Waals surface area contributed by atoms with E-state index in [2.05, 4.69) is 5.32 Å². The van der Waals surface area contributed by atoms with Gasteiger partial charge in [0.05, 0.1) is 16.3 Å². The van der Waals surface area contributed by atoms with Crippen LogP contribution in [0.3, 0.4) is 0 Å². The van der Waals surface area contributed by atoms with Crippen LogP contribution in [0.4, 0.5) is 0 Å². The van der Waals surface area contributed by atoms with Gasteiger partial charge in [0.25, 0.3) is 5.56 Å². The fourth-order valence-electron chi connectivity index (χ4n) is 3.59. The van der Waals surface area contributed by atoms with Gasteiger partial charge in [-0.15, -0.1) is 11.3 Å². The zero-order valence-electron chi connectivity index (χ0n) is 17.1. The second kappa shape index (κ2) is 7.61. The summed E-state index contributed by atoms with van der Waals surface area (Å²) in [4.78, 5) is 33.1. The van der Waals surface area contributed by atoms with Gasteiger partial charge in [-0.3, -0.25) is 14.2 Å². The summed E-state index contributed by atoms with van der Waals surface area (Å²) in [6.07, 6.45) is 3.06. The number of thiophene rings is 1. The predicted molar refractivity (Wildman–Crippen MR) is 120 cm³/mol. The van der Waals surface area contributed by atoms with Crippen molar-refractivity contribution < 1.29 is 4.79 Å². The number of fused-ring (bicyclic) bond motifs is 3. The van der Waals surface area contributed by atoms with Gasteiger partial charge < -0.3 is 5.32 Å². The number of aromatic nitrogens is 2. The van der Waals surface area contributed by atoms with E-state index in [1.807, 2.05) is 58.0 Å². The topological polar surface area (TPSA) is 64.0 Å². The van der Waals surface area contributed by atoms with Gasteiger partial charge in [0.2, 0.25) is 5.91 Å². The number of carbonyl (C=O) groups is 1. The third-order valence-electron chi connectivity index (χ3n) is 4.87. The Morgan fingerprint density at radius 2 is 1.97 bits per heavy atom. The molecule has 1 atom stereocenters. The van der Waals surface area contributed by atoms with Crippen LogP contribution in [0.2, 0.25) is 0 Å². The number of para-hydroxylation sites is 1. The highest BCUT2D eigenvalue weighted by molar-refractivity contribution is 8.00. The number of nitrogens with one attached hydrogen (secondary N) is 1. The van der Waals surface area contributed by atoms with Crippen molar-refractivity contribution in [1.29, 1.82) is 0 Å². The van der Waals surface area contributed by atoms with Crippen LogP contribution in [0.15, 0.2) is 40.3 Å². The van der Waals surface area contributed by atoms with Gasteiger partial charge in [-0.05, 0) is 64.7 Å². The van der Waals surface area contributed by atoms with Crippen LogP contribution in [0.1, 0.15) is 44.6 Å². The number of nitrogens with zero attached hydrogens (tertiary/aromatic N) is 2. The maximum atomic E-state index is 13.6. The summed E-state index contributed by atoms with van der Waals surface area (Å²) in [5.74, 6) is -0.0647. The number of hydrogen-bond acceptors (Lipinski definition) is 5. The lowest BCUT2D eigenvalue weighted by molar-refractivity contribution is -0.121. The number of rotatable bonds is 4. The van der Waals surface area contributed by atoms with E-state index in [1.54, 1.807) is 15.9 Å². The largest absolute Gasteiger partial charge is 0.351 e. The molecule has 1 aromatic carbocycles. The summed E-state index contributed by atoms with van der Waals surface area (Å²) >= 11 is 2.96. The molecule has 7 heteroatoms. The Hall–Kier alpha value is -2.12. The minimum atomic E-state index is -0.375. The first-order valence-corrected chi connectivity index (χ1v) is 11.6. The third-order valence-corrected chi connectivity index (χ3v) is 7.11. The highest BCUT2D eigenvalue weighted by atomic mass is 32.2. The van der Waals surface area contributed by atoms with Crippen LogP contribution < -0.4 is 10.9 Å². The minimum absolute atomic E-state index is 0.0356. The Kier molecular flexibility index (Phi) is 5.29. The lowest BCUT2D eigenvalue weighted by atomic mass is 10.1. The zero-order chi connectivity index (χ0) is 20.8. The van der Waals surface area contributed by atoms with Crippen molar-refractivity contribution in [3.05, 3.63) is 51.1 Å². The molecule has 0 spiro atoms. The Labute approximate surface area is 178 Å². The van der Waals surface area contributed by atoms with Crippen LogP contribution in [0, 0.1) is 0 Å². The van der Waals surface area contributed by atoms with Gasteiger partial charge in [0, 0.05) is 10.4 Å². The van der Waals surface area contributed by atoms with E-state index in [0.29, 0.717) is 5.16 Å². The molecule has 1 aliphatic rings. The predicted octanol–water partition coefficient (Wildman–Crippen LogP) is 4.33. The molecule has 0 fully saturated rings. The molecule has 1 aliphatic carbocycles. The van der Waals surface area contributed by atoms with Crippen molar-refractivity contribution in [2.24, 2.45) is 0 Å². The SMILES string of the molecule is CC(Sc1nc2sc3c(c2c(=O)n1-c1ccccc1)CCC3)C(=O)NC(C)(C)C. The molecule has 1 amide bonds. The summed E-state index contributed by atoms with van der Waals surface area (Å²) in [5, 5.41) is 3.95. The lowest BCUT2D eigenvalue weighted by Gasteiger charge is -2.23. The van der Waals surface area contributed by atoms with Crippen molar-refractivity contribution >= 4 is 39.2 Å². The van der Waals surface area contributed by atoms with Crippen molar-refractivity contribution in [2.45, 2.75) is 62.9 Å². The van der Waals surface area contributed by atoms with Crippen LogP contribution >= 0.6 is 23.1 Å². The molecule has 0 radical (unpaired) electrons. The lowest BCUT2D eigenvalue weighted by Crippen LogP contribution is -2.44. The van der Waals surface area contributed by atoms with E-state index in [1.165, 1.54) is 22.2 Å². The average Bonchev–Trinajstić information content (AvgIpc) is 3.21. The molecular weight excluding hydrogens is 402 g/mol. The fourth-order valence-corrected chi connectivity index (χ4v) is 5.82. The van der Waals surface area contributed by atoms with Gasteiger partial charge in [-0.2, -0.15) is 0 Å². The average molecular weight is 428 g/mol. The summed E-state index contributed by atoms with van der Waals surface area (Å²) in [5.41, 5.74) is 1.60. The molecule has 1 N–H and O–H groups in total. The van der Waals surface area contributed by atoms with Gasteiger partial charge >= 0.3 is 0 Å².